The Hall–Kier alpha value is -0.440. The Morgan fingerprint density at radius 3 is 2.13 bits per heavy atom. The van der Waals surface area contributed by atoms with Crippen molar-refractivity contribution in [2.75, 3.05) is 19.4 Å². The molecule has 0 heterocycles. The van der Waals surface area contributed by atoms with Gasteiger partial charge in [-0.25, -0.2) is 0 Å². The Labute approximate surface area is 91.2 Å². The van der Waals surface area contributed by atoms with Crippen LogP contribution in [0.1, 0.15) is 27.2 Å². The van der Waals surface area contributed by atoms with Crippen molar-refractivity contribution in [2.45, 2.75) is 27.2 Å². The van der Waals surface area contributed by atoms with E-state index in [1.54, 1.807) is 26.0 Å². The summed E-state index contributed by atoms with van der Waals surface area (Å²) >= 11 is 0. The molecule has 0 aromatic carbocycles. The molecule has 0 N–H and O–H groups in total. The molecule has 0 saturated carbocycles. The van der Waals surface area contributed by atoms with Gasteiger partial charge in [0.15, 0.2) is 0 Å². The van der Waals surface area contributed by atoms with Gasteiger partial charge in [-0.3, -0.25) is 9.36 Å². The van der Waals surface area contributed by atoms with E-state index in [0.29, 0.717) is 19.6 Å². The van der Waals surface area contributed by atoms with Crippen LogP contribution in [-0.4, -0.2) is 25.2 Å². The van der Waals surface area contributed by atoms with E-state index in [0.717, 1.165) is 0 Å². The molecule has 0 amide bonds. The lowest BCUT2D eigenvalue weighted by molar-refractivity contribution is -0.116. The van der Waals surface area contributed by atoms with Gasteiger partial charge in [-0.05, 0) is 20.8 Å². The highest BCUT2D eigenvalue weighted by molar-refractivity contribution is 7.54. The fourth-order valence-electron chi connectivity index (χ4n) is 0.989. The molecule has 0 aliphatic heterocycles. The largest absolute Gasteiger partial charge is 0.334 e. The second kappa shape index (κ2) is 7.80. The van der Waals surface area contributed by atoms with Gasteiger partial charge in [-0.1, -0.05) is 12.2 Å². The van der Waals surface area contributed by atoms with E-state index in [4.69, 9.17) is 9.05 Å². The van der Waals surface area contributed by atoms with Gasteiger partial charge in [0.2, 0.25) is 0 Å². The Kier molecular flexibility index (Phi) is 7.57. The lowest BCUT2D eigenvalue weighted by atomic mass is 10.3. The molecule has 0 atom stereocenters. The zero-order chi connectivity index (χ0) is 11.7. The number of hydrogen-bond donors (Lipinski definition) is 0. The maximum atomic E-state index is 11.9. The SMILES string of the molecule is CCOP(=O)(C/C=C\CC(C)=O)OCC. The van der Waals surface area contributed by atoms with E-state index in [-0.39, 0.29) is 11.9 Å². The van der Waals surface area contributed by atoms with Crippen molar-refractivity contribution in [3.8, 4) is 0 Å². The van der Waals surface area contributed by atoms with Crippen LogP contribution in [0.4, 0.5) is 0 Å². The van der Waals surface area contributed by atoms with Crippen molar-refractivity contribution in [3.63, 3.8) is 0 Å². The summed E-state index contributed by atoms with van der Waals surface area (Å²) in [5.74, 6) is 0.0777. The molecule has 0 aliphatic rings. The summed E-state index contributed by atoms with van der Waals surface area (Å²) in [7, 11) is -2.98. The third-order valence-corrected chi connectivity index (χ3v) is 3.51. The van der Waals surface area contributed by atoms with Gasteiger partial charge in [0.1, 0.15) is 5.78 Å². The van der Waals surface area contributed by atoms with E-state index in [1.165, 1.54) is 6.92 Å². The summed E-state index contributed by atoms with van der Waals surface area (Å²) < 4.78 is 22.0. The lowest BCUT2D eigenvalue weighted by Gasteiger charge is -2.14. The number of hydrogen-bond acceptors (Lipinski definition) is 4. The minimum absolute atomic E-state index is 0.0777. The van der Waals surface area contributed by atoms with Gasteiger partial charge >= 0.3 is 7.60 Å². The third-order valence-electron chi connectivity index (χ3n) is 1.55. The first-order chi connectivity index (χ1) is 7.04. The predicted molar refractivity (Wildman–Crippen MR) is 60.2 cm³/mol. The van der Waals surface area contributed by atoms with Crippen molar-refractivity contribution >= 4 is 13.4 Å². The summed E-state index contributed by atoms with van der Waals surface area (Å²) in [5.41, 5.74) is 0. The molecule has 0 aromatic heterocycles. The predicted octanol–water partition coefficient (Wildman–Crippen LogP) is 2.79. The number of allylic oxidation sites excluding steroid dienone is 2. The Morgan fingerprint density at radius 1 is 1.20 bits per heavy atom. The van der Waals surface area contributed by atoms with Crippen LogP contribution in [0.5, 0.6) is 0 Å². The molecule has 0 rings (SSSR count). The average Bonchev–Trinajstić information content (AvgIpc) is 2.13. The molecule has 0 aliphatic carbocycles. The zero-order valence-corrected chi connectivity index (χ0v) is 10.5. The number of Topliss-reactive ketones (excluding diaryl/α,β-unsaturated/α-hetero) is 1. The molecule has 0 aromatic rings. The van der Waals surface area contributed by atoms with Crippen molar-refractivity contribution in [2.24, 2.45) is 0 Å². The van der Waals surface area contributed by atoms with Crippen LogP contribution in [0.15, 0.2) is 12.2 Å². The minimum Gasteiger partial charge on any atom is -0.309 e. The molecule has 0 bridgehead atoms. The molecule has 0 fully saturated rings. The fraction of sp³-hybridized carbons (Fsp3) is 0.700. The lowest BCUT2D eigenvalue weighted by Crippen LogP contribution is -1.98. The third kappa shape index (κ3) is 7.48. The average molecular weight is 234 g/mol. The van der Waals surface area contributed by atoms with Crippen LogP contribution in [0, 0.1) is 0 Å². The monoisotopic (exact) mass is 234 g/mol. The van der Waals surface area contributed by atoms with Gasteiger partial charge in [-0.15, -0.1) is 0 Å². The summed E-state index contributed by atoms with van der Waals surface area (Å²) in [6.07, 6.45) is 3.95. The first-order valence-electron chi connectivity index (χ1n) is 5.06. The van der Waals surface area contributed by atoms with Gasteiger partial charge in [0.05, 0.1) is 19.4 Å². The fourth-order valence-corrected chi connectivity index (χ4v) is 2.47. The van der Waals surface area contributed by atoms with Crippen LogP contribution >= 0.6 is 7.60 Å². The molecule has 0 spiro atoms. The maximum absolute atomic E-state index is 11.9. The quantitative estimate of drug-likeness (QED) is 0.478. The topological polar surface area (TPSA) is 52.6 Å². The van der Waals surface area contributed by atoms with Crippen molar-refractivity contribution in [1.82, 2.24) is 0 Å². The molecule has 4 nitrogen and oxygen atoms in total. The summed E-state index contributed by atoms with van der Waals surface area (Å²) in [5, 5.41) is 0. The van der Waals surface area contributed by atoms with Crippen LogP contribution in [-0.2, 0) is 18.4 Å². The van der Waals surface area contributed by atoms with Crippen LogP contribution in [0.2, 0.25) is 0 Å². The molecule has 5 heteroatoms. The molecule has 0 saturated heterocycles. The Morgan fingerprint density at radius 2 is 1.73 bits per heavy atom. The number of rotatable bonds is 8. The highest BCUT2D eigenvalue weighted by Crippen LogP contribution is 2.47. The van der Waals surface area contributed by atoms with Crippen LogP contribution < -0.4 is 0 Å². The molecule has 0 unspecified atom stereocenters. The van der Waals surface area contributed by atoms with Crippen molar-refractivity contribution < 1.29 is 18.4 Å². The highest BCUT2D eigenvalue weighted by Gasteiger charge is 2.20. The van der Waals surface area contributed by atoms with E-state index >= 15 is 0 Å². The smallest absolute Gasteiger partial charge is 0.309 e. The highest BCUT2D eigenvalue weighted by atomic mass is 31.2. The molecule has 15 heavy (non-hydrogen) atoms. The standard InChI is InChI=1S/C10H19O4P/c1-4-13-15(12,14-5-2)9-7-6-8-10(3)11/h6-7H,4-5,8-9H2,1-3H3/b7-6-. The molecule has 0 radical (unpaired) electrons. The second-order valence-electron chi connectivity index (χ2n) is 3.01. The first kappa shape index (κ1) is 14.6. The number of carbonyl (C=O) groups is 1. The van der Waals surface area contributed by atoms with Crippen molar-refractivity contribution in [1.29, 1.82) is 0 Å². The van der Waals surface area contributed by atoms with Crippen LogP contribution in [0.3, 0.4) is 0 Å². The minimum atomic E-state index is -2.98. The molecular weight excluding hydrogens is 215 g/mol. The van der Waals surface area contributed by atoms with Gasteiger partial charge in [0.25, 0.3) is 0 Å². The number of ketones is 1. The first-order valence-corrected chi connectivity index (χ1v) is 6.79. The van der Waals surface area contributed by atoms with Gasteiger partial charge in [-0.2, -0.15) is 0 Å². The second-order valence-corrected chi connectivity index (χ2v) is 5.11. The Bertz CT molecular complexity index is 250. The van der Waals surface area contributed by atoms with E-state index in [1.807, 2.05) is 0 Å². The van der Waals surface area contributed by atoms with E-state index < -0.39 is 7.60 Å². The molecule has 88 valence electrons. The van der Waals surface area contributed by atoms with Gasteiger partial charge in [0, 0.05) is 6.42 Å². The van der Waals surface area contributed by atoms with E-state index in [9.17, 15) is 9.36 Å². The maximum Gasteiger partial charge on any atom is 0.334 e. The summed E-state index contributed by atoms with van der Waals surface area (Å²) in [6, 6.07) is 0. The van der Waals surface area contributed by atoms with Crippen molar-refractivity contribution in [3.05, 3.63) is 12.2 Å². The Balaban J connectivity index is 4.11. The summed E-state index contributed by atoms with van der Waals surface area (Å²) in [6.45, 7) is 5.76. The molecular formula is C10H19O4P. The number of carbonyl (C=O) groups excluding carboxylic acids is 1. The van der Waals surface area contributed by atoms with Crippen LogP contribution in [0.25, 0.3) is 0 Å². The van der Waals surface area contributed by atoms with E-state index in [2.05, 4.69) is 0 Å². The van der Waals surface area contributed by atoms with Gasteiger partial charge < -0.3 is 9.05 Å². The normalized spacial score (nSPS) is 12.2. The zero-order valence-electron chi connectivity index (χ0n) is 9.56. The summed E-state index contributed by atoms with van der Waals surface area (Å²) in [4.78, 5) is 10.6.